The highest BCUT2D eigenvalue weighted by atomic mass is 35.5. The molecule has 0 bridgehead atoms. The Morgan fingerprint density at radius 1 is 1.50 bits per heavy atom. The van der Waals surface area contributed by atoms with Crippen molar-refractivity contribution < 1.29 is 9.53 Å². The molecule has 1 aromatic carbocycles. The molecule has 1 aromatic rings. The van der Waals surface area contributed by atoms with E-state index in [1.54, 1.807) is 17.0 Å². The fraction of sp³-hybridized carbons (Fsp3) is 0.500. The van der Waals surface area contributed by atoms with Gasteiger partial charge < -0.3 is 15.4 Å². The van der Waals surface area contributed by atoms with Crippen molar-refractivity contribution in [1.29, 1.82) is 0 Å². The molecular weight excluding hydrogens is 299 g/mol. The highest BCUT2D eigenvalue weighted by molar-refractivity contribution is 6.33. The number of amides is 1. The topological polar surface area (TPSA) is 55.6 Å². The molecule has 112 valence electrons. The summed E-state index contributed by atoms with van der Waals surface area (Å²) in [5.41, 5.74) is 6.59. The molecule has 0 aliphatic heterocycles. The van der Waals surface area contributed by atoms with Crippen molar-refractivity contribution in [2.45, 2.75) is 19.3 Å². The second kappa shape index (κ2) is 7.04. The van der Waals surface area contributed by atoms with Crippen LogP contribution in [0, 0.1) is 5.92 Å². The minimum atomic E-state index is -0.0781. The largest absolute Gasteiger partial charge is 0.496 e. The molecule has 0 aromatic heterocycles. The van der Waals surface area contributed by atoms with Crippen LogP contribution in [0.5, 0.6) is 5.75 Å². The summed E-state index contributed by atoms with van der Waals surface area (Å²) in [6, 6.07) is 3.17. The van der Waals surface area contributed by atoms with Crippen molar-refractivity contribution in [1.82, 2.24) is 4.90 Å². The van der Waals surface area contributed by atoms with E-state index in [1.165, 1.54) is 26.4 Å². The predicted molar refractivity (Wildman–Crippen MR) is 84.0 cm³/mol. The first-order valence-electron chi connectivity index (χ1n) is 6.41. The molecule has 20 heavy (non-hydrogen) atoms. The zero-order valence-corrected chi connectivity index (χ0v) is 13.3. The first-order chi connectivity index (χ1) is 9.02. The Morgan fingerprint density at radius 2 is 2.15 bits per heavy atom. The van der Waals surface area contributed by atoms with Crippen molar-refractivity contribution in [3.63, 3.8) is 0 Å². The number of anilines is 1. The summed E-state index contributed by atoms with van der Waals surface area (Å²) < 4.78 is 5.21. The molecule has 1 fully saturated rings. The standard InChI is InChI=1S/C14H19ClN2O2.ClH/c1-17(8-9-4-3-5-9)14(18)10-6-11(15)12(16)7-13(10)19-2;/h6-7,9H,3-5,8,16H2,1-2H3;1H. The van der Waals surface area contributed by atoms with Crippen LogP contribution in [-0.4, -0.2) is 31.5 Å². The number of methoxy groups -OCH3 is 1. The van der Waals surface area contributed by atoms with Gasteiger partial charge in [0.05, 0.1) is 23.4 Å². The van der Waals surface area contributed by atoms with E-state index in [0.29, 0.717) is 27.9 Å². The van der Waals surface area contributed by atoms with Crippen LogP contribution in [0.3, 0.4) is 0 Å². The average molecular weight is 319 g/mol. The summed E-state index contributed by atoms with van der Waals surface area (Å²) in [5, 5.41) is 0.376. The molecule has 1 aliphatic carbocycles. The summed E-state index contributed by atoms with van der Waals surface area (Å²) in [7, 11) is 3.33. The number of carbonyl (C=O) groups excluding carboxylic acids is 1. The lowest BCUT2D eigenvalue weighted by molar-refractivity contribution is 0.0742. The van der Waals surface area contributed by atoms with Crippen LogP contribution in [0.25, 0.3) is 0 Å². The number of rotatable bonds is 4. The number of carbonyl (C=O) groups is 1. The van der Waals surface area contributed by atoms with Crippen molar-refractivity contribution in [2.75, 3.05) is 26.4 Å². The second-order valence-corrected chi connectivity index (χ2v) is 5.46. The van der Waals surface area contributed by atoms with E-state index >= 15 is 0 Å². The smallest absolute Gasteiger partial charge is 0.257 e. The van der Waals surface area contributed by atoms with Crippen LogP contribution < -0.4 is 10.5 Å². The van der Waals surface area contributed by atoms with Crippen molar-refractivity contribution in [2.24, 2.45) is 5.92 Å². The quantitative estimate of drug-likeness (QED) is 0.867. The van der Waals surface area contributed by atoms with Gasteiger partial charge in [0.1, 0.15) is 5.75 Å². The lowest BCUT2D eigenvalue weighted by Gasteiger charge is -2.30. The van der Waals surface area contributed by atoms with Gasteiger partial charge in [-0.2, -0.15) is 0 Å². The van der Waals surface area contributed by atoms with Crippen LogP contribution in [0.1, 0.15) is 29.6 Å². The molecule has 1 amide bonds. The molecule has 2 rings (SSSR count). The molecule has 6 heteroatoms. The zero-order chi connectivity index (χ0) is 14.0. The minimum Gasteiger partial charge on any atom is -0.496 e. The summed E-state index contributed by atoms with van der Waals surface area (Å²) >= 11 is 5.98. The molecule has 0 atom stereocenters. The predicted octanol–water partition coefficient (Wildman–Crippen LogP) is 3.22. The van der Waals surface area contributed by atoms with E-state index in [4.69, 9.17) is 22.1 Å². The number of hydrogen-bond donors (Lipinski definition) is 1. The number of nitrogens with two attached hydrogens (primary N) is 1. The van der Waals surface area contributed by atoms with Crippen molar-refractivity contribution in [3.05, 3.63) is 22.7 Å². The number of hydrogen-bond acceptors (Lipinski definition) is 3. The van der Waals surface area contributed by atoms with Crippen molar-refractivity contribution in [3.8, 4) is 5.75 Å². The van der Waals surface area contributed by atoms with Crippen LogP contribution in [0.2, 0.25) is 5.02 Å². The molecule has 0 radical (unpaired) electrons. The zero-order valence-electron chi connectivity index (χ0n) is 11.7. The Hall–Kier alpha value is -1.13. The van der Waals surface area contributed by atoms with Crippen LogP contribution in [0.4, 0.5) is 5.69 Å². The molecular formula is C14H20Cl2N2O2. The van der Waals surface area contributed by atoms with E-state index in [9.17, 15) is 4.79 Å². The highest BCUT2D eigenvalue weighted by Gasteiger charge is 2.24. The van der Waals surface area contributed by atoms with Gasteiger partial charge in [-0.15, -0.1) is 12.4 Å². The maximum absolute atomic E-state index is 12.4. The number of nitrogens with zero attached hydrogens (tertiary/aromatic N) is 1. The van der Waals surface area contributed by atoms with Gasteiger partial charge in [-0.25, -0.2) is 0 Å². The third kappa shape index (κ3) is 3.49. The molecule has 0 unspecified atom stereocenters. The molecule has 4 nitrogen and oxygen atoms in total. The maximum atomic E-state index is 12.4. The third-order valence-electron chi connectivity index (χ3n) is 3.65. The number of nitrogen functional groups attached to an aromatic ring is 1. The number of halogens is 2. The van der Waals surface area contributed by atoms with Gasteiger partial charge in [-0.05, 0) is 24.8 Å². The van der Waals surface area contributed by atoms with Gasteiger partial charge >= 0.3 is 0 Å². The average Bonchev–Trinajstić information content (AvgIpc) is 2.35. The SMILES string of the molecule is COc1cc(N)c(Cl)cc1C(=O)N(C)CC1CCC1.Cl. The Labute approximate surface area is 130 Å². The van der Waals surface area contributed by atoms with Gasteiger partial charge in [-0.1, -0.05) is 18.0 Å². The lowest BCUT2D eigenvalue weighted by atomic mass is 9.85. The van der Waals surface area contributed by atoms with Crippen molar-refractivity contribution >= 4 is 35.6 Å². The molecule has 2 N–H and O–H groups in total. The molecule has 0 saturated heterocycles. The maximum Gasteiger partial charge on any atom is 0.257 e. The first kappa shape index (κ1) is 16.9. The van der Waals surface area contributed by atoms with Crippen LogP contribution in [0.15, 0.2) is 12.1 Å². The van der Waals surface area contributed by atoms with Crippen LogP contribution >= 0.6 is 24.0 Å². The number of ether oxygens (including phenoxy) is 1. The van der Waals surface area contributed by atoms with Crippen LogP contribution in [-0.2, 0) is 0 Å². The lowest BCUT2D eigenvalue weighted by Crippen LogP contribution is -2.34. The Balaban J connectivity index is 0.00000200. The number of benzene rings is 1. The fourth-order valence-electron chi connectivity index (χ4n) is 2.26. The summed E-state index contributed by atoms with van der Waals surface area (Å²) in [5.74, 6) is 1.02. The van der Waals surface area contributed by atoms with E-state index in [2.05, 4.69) is 0 Å². The molecule has 0 spiro atoms. The normalized spacial score (nSPS) is 14.2. The molecule has 1 aliphatic rings. The minimum absolute atomic E-state index is 0. The van der Waals surface area contributed by atoms with Gasteiger partial charge in [0.25, 0.3) is 5.91 Å². The van der Waals surface area contributed by atoms with E-state index in [-0.39, 0.29) is 18.3 Å². The van der Waals surface area contributed by atoms with Gasteiger partial charge in [0.2, 0.25) is 0 Å². The Morgan fingerprint density at radius 3 is 2.65 bits per heavy atom. The van der Waals surface area contributed by atoms with Gasteiger partial charge in [-0.3, -0.25) is 4.79 Å². The Kier molecular flexibility index (Phi) is 5.96. The van der Waals surface area contributed by atoms with Gasteiger partial charge in [0, 0.05) is 19.7 Å². The summed E-state index contributed by atoms with van der Waals surface area (Å²) in [6.45, 7) is 0.782. The summed E-state index contributed by atoms with van der Waals surface area (Å²) in [4.78, 5) is 14.1. The molecule has 1 saturated carbocycles. The third-order valence-corrected chi connectivity index (χ3v) is 3.98. The highest BCUT2D eigenvalue weighted by Crippen LogP contribution is 2.31. The monoisotopic (exact) mass is 318 g/mol. The Bertz CT molecular complexity index is 490. The first-order valence-corrected chi connectivity index (χ1v) is 6.79. The fourth-order valence-corrected chi connectivity index (χ4v) is 2.42. The van der Waals surface area contributed by atoms with E-state index in [1.807, 2.05) is 7.05 Å². The second-order valence-electron chi connectivity index (χ2n) is 5.06. The summed E-state index contributed by atoms with van der Waals surface area (Å²) in [6.07, 6.45) is 3.68. The molecule has 0 heterocycles. The van der Waals surface area contributed by atoms with E-state index in [0.717, 1.165) is 6.54 Å². The van der Waals surface area contributed by atoms with E-state index < -0.39 is 0 Å². The van der Waals surface area contributed by atoms with Gasteiger partial charge in [0.15, 0.2) is 0 Å².